The van der Waals surface area contributed by atoms with Crippen molar-refractivity contribution >= 4 is 45.9 Å². The molecule has 0 N–H and O–H groups in total. The Labute approximate surface area is 127 Å². The Morgan fingerprint density at radius 2 is 2.00 bits per heavy atom. The molecule has 1 aromatic rings. The third kappa shape index (κ3) is 5.66. The normalized spacial score (nSPS) is 11.8. The van der Waals surface area contributed by atoms with Crippen molar-refractivity contribution < 1.29 is 18.4 Å². The van der Waals surface area contributed by atoms with Crippen LogP contribution in [0.15, 0.2) is 16.5 Å². The van der Waals surface area contributed by atoms with Crippen LogP contribution in [0, 0.1) is 10.1 Å². The molecule has 0 saturated carbocycles. The molecular formula is C9H12Br2N2O5P+. The number of rotatable bonds is 9. The molecule has 10 heteroatoms. The molecule has 0 fully saturated rings. The molecule has 1 rings (SSSR count). The van der Waals surface area contributed by atoms with Gasteiger partial charge >= 0.3 is 14.1 Å². The fourth-order valence-corrected chi connectivity index (χ4v) is 3.54. The zero-order valence-corrected chi connectivity index (χ0v) is 13.9. The van der Waals surface area contributed by atoms with Gasteiger partial charge in [-0.15, -0.1) is 4.52 Å². The van der Waals surface area contributed by atoms with Gasteiger partial charge in [-0.2, -0.15) is 0 Å². The van der Waals surface area contributed by atoms with Gasteiger partial charge in [-0.25, -0.2) is 0 Å². The maximum atomic E-state index is 11.9. The standard InChI is InChI=1S/C9H12Br2N2O5P/c10-3-5-12(6-4-11)19(16)17-7-8-1-2-9(18-8)13(14)15/h1-2H,3-7H2/q+1. The van der Waals surface area contributed by atoms with Gasteiger partial charge in [0.05, 0.1) is 19.2 Å². The minimum atomic E-state index is -1.99. The van der Waals surface area contributed by atoms with Gasteiger partial charge in [-0.1, -0.05) is 36.5 Å². The van der Waals surface area contributed by atoms with Gasteiger partial charge in [0.25, 0.3) is 0 Å². The van der Waals surface area contributed by atoms with E-state index in [0.29, 0.717) is 23.7 Å². The molecule has 0 amide bonds. The first-order chi connectivity index (χ1) is 9.08. The lowest BCUT2D eigenvalue weighted by atomic mass is 10.5. The molecular weight excluding hydrogens is 407 g/mol. The number of alkyl halides is 2. The molecule has 1 aromatic heterocycles. The predicted octanol–water partition coefficient (Wildman–Crippen LogP) is 3.45. The third-order valence-corrected chi connectivity index (χ3v) is 3.98. The fraction of sp³-hybridized carbons (Fsp3) is 0.556. The van der Waals surface area contributed by atoms with Crippen LogP contribution < -0.4 is 0 Å². The van der Waals surface area contributed by atoms with Crippen LogP contribution in [0.4, 0.5) is 5.88 Å². The summed E-state index contributed by atoms with van der Waals surface area (Å²) in [6.45, 7) is 1.10. The van der Waals surface area contributed by atoms with Crippen LogP contribution in [0.2, 0.25) is 0 Å². The minimum Gasteiger partial charge on any atom is -0.403 e. The van der Waals surface area contributed by atoms with Crippen LogP contribution in [-0.2, 0) is 15.7 Å². The lowest BCUT2D eigenvalue weighted by molar-refractivity contribution is -0.402. The number of hydrogen-bond donors (Lipinski definition) is 0. The van der Waals surface area contributed by atoms with E-state index in [-0.39, 0.29) is 18.3 Å². The monoisotopic (exact) mass is 417 g/mol. The first-order valence-electron chi connectivity index (χ1n) is 5.28. The summed E-state index contributed by atoms with van der Waals surface area (Å²) in [6, 6.07) is 2.67. The molecule has 0 aromatic carbocycles. The summed E-state index contributed by atoms with van der Waals surface area (Å²) in [6.07, 6.45) is 0. The molecule has 0 aliphatic rings. The highest BCUT2D eigenvalue weighted by Gasteiger charge is 2.29. The Balaban J connectivity index is 2.49. The second kappa shape index (κ2) is 8.76. The summed E-state index contributed by atoms with van der Waals surface area (Å²) in [5.74, 6) is -0.0840. The van der Waals surface area contributed by atoms with Gasteiger partial charge in [0, 0.05) is 10.7 Å². The first kappa shape index (κ1) is 16.7. The summed E-state index contributed by atoms with van der Waals surface area (Å²) in [4.78, 5) is 9.79. The number of nitrogens with zero attached hydrogens (tertiary/aromatic N) is 2. The van der Waals surface area contributed by atoms with E-state index in [2.05, 4.69) is 31.9 Å². The Morgan fingerprint density at radius 1 is 1.37 bits per heavy atom. The van der Waals surface area contributed by atoms with E-state index in [4.69, 9.17) is 8.94 Å². The summed E-state index contributed by atoms with van der Waals surface area (Å²) < 4.78 is 23.6. The van der Waals surface area contributed by atoms with Crippen molar-refractivity contribution in [3.63, 3.8) is 0 Å². The first-order valence-corrected chi connectivity index (χ1v) is 8.66. The van der Waals surface area contributed by atoms with Crippen molar-refractivity contribution in [1.82, 2.24) is 4.67 Å². The fourth-order valence-electron chi connectivity index (χ4n) is 1.21. The molecule has 0 spiro atoms. The third-order valence-electron chi connectivity index (χ3n) is 2.06. The minimum absolute atomic E-state index is 0.0654. The molecule has 1 unspecified atom stereocenters. The van der Waals surface area contributed by atoms with Crippen molar-refractivity contribution in [1.29, 1.82) is 0 Å². The number of furan rings is 1. The average molecular weight is 419 g/mol. The van der Waals surface area contributed by atoms with Gasteiger partial charge in [-0.05, 0) is 10.6 Å². The molecule has 7 nitrogen and oxygen atoms in total. The predicted molar refractivity (Wildman–Crippen MR) is 76.9 cm³/mol. The summed E-state index contributed by atoms with van der Waals surface area (Å²) >= 11 is 6.54. The quantitative estimate of drug-likeness (QED) is 0.264. The van der Waals surface area contributed by atoms with Crippen molar-refractivity contribution in [2.75, 3.05) is 23.7 Å². The molecule has 1 heterocycles. The molecule has 0 bridgehead atoms. The Morgan fingerprint density at radius 3 is 2.47 bits per heavy atom. The van der Waals surface area contributed by atoms with E-state index in [1.807, 2.05) is 0 Å². The van der Waals surface area contributed by atoms with Crippen LogP contribution in [-0.4, -0.2) is 33.3 Å². The van der Waals surface area contributed by atoms with Gasteiger partial charge in [0.2, 0.25) is 0 Å². The Kier molecular flexibility index (Phi) is 7.70. The molecule has 0 aliphatic heterocycles. The molecule has 0 saturated heterocycles. The van der Waals surface area contributed by atoms with Crippen LogP contribution in [0.3, 0.4) is 0 Å². The maximum Gasteiger partial charge on any atom is 0.616 e. The maximum absolute atomic E-state index is 11.9. The smallest absolute Gasteiger partial charge is 0.403 e. The topological polar surface area (TPSA) is 85.8 Å². The van der Waals surface area contributed by atoms with Crippen LogP contribution in [0.25, 0.3) is 0 Å². The van der Waals surface area contributed by atoms with E-state index < -0.39 is 13.1 Å². The Hall–Kier alpha value is -0.340. The summed E-state index contributed by atoms with van der Waals surface area (Å²) in [7, 11) is -1.99. The van der Waals surface area contributed by atoms with Crippen molar-refractivity contribution in [2.45, 2.75) is 6.61 Å². The highest BCUT2D eigenvalue weighted by atomic mass is 79.9. The van der Waals surface area contributed by atoms with E-state index in [0.717, 1.165) is 0 Å². The highest BCUT2D eigenvalue weighted by molar-refractivity contribution is 9.09. The second-order valence-corrected chi connectivity index (χ2v) is 6.23. The zero-order valence-electron chi connectivity index (χ0n) is 9.83. The molecule has 19 heavy (non-hydrogen) atoms. The average Bonchev–Trinajstić information content (AvgIpc) is 2.84. The van der Waals surface area contributed by atoms with Crippen LogP contribution >= 0.6 is 40.0 Å². The lowest BCUT2D eigenvalue weighted by Crippen LogP contribution is -2.20. The van der Waals surface area contributed by atoms with Gasteiger partial charge < -0.3 is 4.42 Å². The summed E-state index contributed by atoms with van der Waals surface area (Å²) in [5, 5.41) is 11.8. The number of halogens is 2. The van der Waals surface area contributed by atoms with E-state index in [1.54, 1.807) is 4.67 Å². The zero-order chi connectivity index (χ0) is 14.3. The molecule has 106 valence electrons. The Bertz CT molecular complexity index is 436. The number of nitro groups is 1. The van der Waals surface area contributed by atoms with Gasteiger partial charge in [0.15, 0.2) is 6.61 Å². The van der Waals surface area contributed by atoms with Crippen molar-refractivity contribution in [2.24, 2.45) is 0 Å². The molecule has 0 radical (unpaired) electrons. The van der Waals surface area contributed by atoms with E-state index in [9.17, 15) is 14.7 Å². The van der Waals surface area contributed by atoms with Crippen LogP contribution in [0.1, 0.15) is 5.76 Å². The van der Waals surface area contributed by atoms with Crippen molar-refractivity contribution in [3.05, 3.63) is 28.0 Å². The summed E-state index contributed by atoms with van der Waals surface area (Å²) in [5.41, 5.74) is 0. The SMILES string of the molecule is O=[N+]([O-])c1ccc(CO[P+](=O)N(CCBr)CCBr)o1. The molecule has 0 aliphatic carbocycles. The highest BCUT2D eigenvalue weighted by Crippen LogP contribution is 2.30. The van der Waals surface area contributed by atoms with E-state index in [1.165, 1.54) is 12.1 Å². The second-order valence-electron chi connectivity index (χ2n) is 3.34. The van der Waals surface area contributed by atoms with Gasteiger partial charge in [-0.3, -0.25) is 10.1 Å². The largest absolute Gasteiger partial charge is 0.616 e. The van der Waals surface area contributed by atoms with Gasteiger partial charge in [0.1, 0.15) is 10.7 Å². The van der Waals surface area contributed by atoms with E-state index >= 15 is 0 Å². The lowest BCUT2D eigenvalue weighted by Gasteiger charge is -2.05. The van der Waals surface area contributed by atoms with Crippen molar-refractivity contribution in [3.8, 4) is 0 Å². The number of hydrogen-bond acceptors (Lipinski definition) is 5. The molecule has 1 atom stereocenters. The van der Waals surface area contributed by atoms with Crippen LogP contribution in [0.5, 0.6) is 0 Å².